The number of ether oxygens (including phenoxy) is 2. The molecule has 10 nitrogen and oxygen atoms in total. The molecule has 1 aliphatic heterocycles. The number of ketones is 1. The van der Waals surface area contributed by atoms with Crippen molar-refractivity contribution in [1.29, 1.82) is 5.41 Å². The van der Waals surface area contributed by atoms with Gasteiger partial charge >= 0.3 is 5.97 Å². The summed E-state index contributed by atoms with van der Waals surface area (Å²) in [6.45, 7) is 4.05. The zero-order chi connectivity index (χ0) is 25.6. The van der Waals surface area contributed by atoms with Crippen molar-refractivity contribution in [3.63, 3.8) is 0 Å². The first-order chi connectivity index (χ1) is 16.6. The van der Waals surface area contributed by atoms with Gasteiger partial charge in [0.05, 0.1) is 13.2 Å². The van der Waals surface area contributed by atoms with Crippen LogP contribution in [0.5, 0.6) is 5.75 Å². The number of amides is 1. The van der Waals surface area contributed by atoms with E-state index in [-0.39, 0.29) is 43.8 Å². The minimum atomic E-state index is -3.78. The molecule has 0 saturated carbocycles. The summed E-state index contributed by atoms with van der Waals surface area (Å²) in [5.74, 6) is -0.358. The van der Waals surface area contributed by atoms with Crippen LogP contribution in [0, 0.1) is 11.3 Å². The second-order valence-electron chi connectivity index (χ2n) is 8.45. The lowest BCUT2D eigenvalue weighted by Crippen LogP contribution is -2.30. The number of esters is 1. The van der Waals surface area contributed by atoms with Gasteiger partial charge in [-0.2, -0.15) is 0 Å². The first kappa shape index (κ1) is 26.0. The van der Waals surface area contributed by atoms with Crippen molar-refractivity contribution in [2.24, 2.45) is 5.92 Å². The second-order valence-corrected chi connectivity index (χ2v) is 10.1. The van der Waals surface area contributed by atoms with Crippen LogP contribution in [-0.2, 0) is 32.6 Å². The maximum absolute atomic E-state index is 12.7. The minimum Gasteiger partial charge on any atom is -0.482 e. The molecule has 2 aromatic carbocycles. The summed E-state index contributed by atoms with van der Waals surface area (Å²) in [7, 11) is -3.78. The van der Waals surface area contributed by atoms with Crippen LogP contribution < -0.4 is 9.46 Å². The molecule has 1 aliphatic rings. The molecule has 0 aliphatic carbocycles. The van der Waals surface area contributed by atoms with E-state index in [1.165, 1.54) is 4.90 Å². The molecule has 0 bridgehead atoms. The van der Waals surface area contributed by atoms with Gasteiger partial charge in [0.2, 0.25) is 0 Å². The molecule has 11 heteroatoms. The molecule has 1 heterocycles. The van der Waals surface area contributed by atoms with Crippen molar-refractivity contribution < 1.29 is 32.3 Å². The monoisotopic (exact) mass is 501 g/mol. The fraction of sp³-hybridized carbons (Fsp3) is 0.333. The molecule has 0 atom stereocenters. The van der Waals surface area contributed by atoms with Gasteiger partial charge in [0.15, 0.2) is 12.4 Å². The average molecular weight is 502 g/mol. The molecule has 2 N–H and O–H groups in total. The van der Waals surface area contributed by atoms with E-state index in [4.69, 9.17) is 14.9 Å². The number of hydrogen-bond donors (Lipinski definition) is 2. The van der Waals surface area contributed by atoms with Crippen LogP contribution in [0.25, 0.3) is 0 Å². The molecule has 0 aromatic heterocycles. The minimum absolute atomic E-state index is 0.0119. The molecule has 0 unspecified atom stereocenters. The number of benzene rings is 2. The molecule has 1 amide bonds. The Bertz CT molecular complexity index is 1220. The van der Waals surface area contributed by atoms with E-state index >= 15 is 0 Å². The Labute approximate surface area is 203 Å². The summed E-state index contributed by atoms with van der Waals surface area (Å²) in [6, 6.07) is 11.2. The van der Waals surface area contributed by atoms with E-state index < -0.39 is 16.0 Å². The van der Waals surface area contributed by atoms with Gasteiger partial charge in [0.1, 0.15) is 11.3 Å². The Morgan fingerprint density at radius 2 is 1.89 bits per heavy atom. The van der Waals surface area contributed by atoms with E-state index in [1.807, 2.05) is 13.8 Å². The first-order valence-corrected chi connectivity index (χ1v) is 12.5. The number of fused-ring (bicyclic) bond motifs is 1. The number of carbonyl (C=O) groups is 3. The first-order valence-electron chi connectivity index (χ1n) is 10.9. The third kappa shape index (κ3) is 7.20. The number of Topliss-reactive ketones (excluding diaryl/α,β-unsaturated/α-hetero) is 1. The molecule has 35 heavy (non-hydrogen) atoms. The highest BCUT2D eigenvalue weighted by Gasteiger charge is 2.29. The quantitative estimate of drug-likeness (QED) is 0.196. The van der Waals surface area contributed by atoms with Crippen LogP contribution in [-0.4, -0.2) is 56.3 Å². The standard InChI is InChI=1S/C24H27N3O7S/c1-16(2)13-34-23(29)14-33-20-6-4-18(5-7-20)22(28)12-27-11-19-9-17(3-8-21(19)24(27)30)10-26-35(31,32)15-25/h3-9,15-16,25-26H,10-14H2,1-2H3. The topological polar surface area (TPSA) is 143 Å². The molecule has 2 aromatic rings. The fourth-order valence-electron chi connectivity index (χ4n) is 3.34. The normalized spacial score (nSPS) is 13.0. The van der Waals surface area contributed by atoms with Gasteiger partial charge in [0, 0.05) is 24.2 Å². The van der Waals surface area contributed by atoms with E-state index in [2.05, 4.69) is 4.72 Å². The van der Waals surface area contributed by atoms with Gasteiger partial charge in [-0.15, -0.1) is 0 Å². The maximum Gasteiger partial charge on any atom is 0.344 e. The smallest absolute Gasteiger partial charge is 0.344 e. The summed E-state index contributed by atoms with van der Waals surface area (Å²) >= 11 is 0. The van der Waals surface area contributed by atoms with Crippen molar-refractivity contribution in [1.82, 2.24) is 9.62 Å². The highest BCUT2D eigenvalue weighted by Crippen LogP contribution is 2.24. The number of nitrogens with one attached hydrogen (secondary N) is 2. The number of rotatable bonds is 12. The average Bonchev–Trinajstić information content (AvgIpc) is 3.14. The highest BCUT2D eigenvalue weighted by atomic mass is 32.2. The number of sulfonamides is 1. The molecule has 0 radical (unpaired) electrons. The predicted molar refractivity (Wildman–Crippen MR) is 128 cm³/mol. The molecular weight excluding hydrogens is 474 g/mol. The molecule has 0 fully saturated rings. The second kappa shape index (κ2) is 11.2. The predicted octanol–water partition coefficient (Wildman–Crippen LogP) is 2.13. The lowest BCUT2D eigenvalue weighted by Gasteiger charge is -2.14. The largest absolute Gasteiger partial charge is 0.482 e. The summed E-state index contributed by atoms with van der Waals surface area (Å²) in [6.07, 6.45) is 0. The Balaban J connectivity index is 1.55. The Morgan fingerprint density at radius 3 is 2.54 bits per heavy atom. The number of carbonyl (C=O) groups excluding carboxylic acids is 3. The summed E-state index contributed by atoms with van der Waals surface area (Å²) < 4.78 is 35.5. The third-order valence-electron chi connectivity index (χ3n) is 5.13. The van der Waals surface area contributed by atoms with Crippen LogP contribution >= 0.6 is 0 Å². The zero-order valence-electron chi connectivity index (χ0n) is 19.4. The van der Waals surface area contributed by atoms with Gasteiger partial charge in [-0.05, 0) is 47.4 Å². The van der Waals surface area contributed by atoms with Crippen LogP contribution in [0.1, 0.15) is 45.7 Å². The van der Waals surface area contributed by atoms with Crippen molar-refractivity contribution in [2.75, 3.05) is 19.8 Å². The molecule has 186 valence electrons. The van der Waals surface area contributed by atoms with Crippen molar-refractivity contribution in [3.8, 4) is 5.75 Å². The van der Waals surface area contributed by atoms with Crippen LogP contribution in [0.4, 0.5) is 0 Å². The molecular formula is C24H27N3O7S. The fourth-order valence-corrected chi connectivity index (χ4v) is 3.79. The lowest BCUT2D eigenvalue weighted by atomic mass is 10.1. The summed E-state index contributed by atoms with van der Waals surface area (Å²) in [5.41, 5.74) is 2.52. The van der Waals surface area contributed by atoms with Crippen LogP contribution in [0.15, 0.2) is 42.5 Å². The van der Waals surface area contributed by atoms with Crippen molar-refractivity contribution in [2.45, 2.75) is 26.9 Å². The summed E-state index contributed by atoms with van der Waals surface area (Å²) in [5, 5.41) is 6.88. The molecule has 0 spiro atoms. The van der Waals surface area contributed by atoms with Gasteiger partial charge in [-0.1, -0.05) is 26.0 Å². The van der Waals surface area contributed by atoms with Crippen LogP contribution in [0.3, 0.4) is 0 Å². The zero-order valence-corrected chi connectivity index (χ0v) is 20.3. The Kier molecular flexibility index (Phi) is 8.36. The van der Waals surface area contributed by atoms with Gasteiger partial charge < -0.3 is 14.4 Å². The maximum atomic E-state index is 12.7. The third-order valence-corrected chi connectivity index (χ3v) is 5.98. The highest BCUT2D eigenvalue weighted by molar-refractivity contribution is 8.02. The van der Waals surface area contributed by atoms with E-state index in [0.29, 0.717) is 40.2 Å². The van der Waals surface area contributed by atoms with Crippen molar-refractivity contribution in [3.05, 3.63) is 64.7 Å². The van der Waals surface area contributed by atoms with Crippen LogP contribution in [0.2, 0.25) is 0 Å². The lowest BCUT2D eigenvalue weighted by molar-refractivity contribution is -0.147. The van der Waals surface area contributed by atoms with Crippen molar-refractivity contribution >= 4 is 33.2 Å². The molecule has 0 saturated heterocycles. The SMILES string of the molecule is CC(C)COC(=O)COc1ccc(C(=O)CN2Cc3cc(CNS(=O)(=O)C=N)ccc3C2=O)cc1. The van der Waals surface area contributed by atoms with E-state index in [0.717, 1.165) is 0 Å². The Hall–Kier alpha value is -3.57. The van der Waals surface area contributed by atoms with Gasteiger partial charge in [-0.25, -0.2) is 17.9 Å². The number of hydrogen-bond acceptors (Lipinski definition) is 8. The molecule has 3 rings (SSSR count). The number of nitrogens with zero attached hydrogens (tertiary/aromatic N) is 1. The van der Waals surface area contributed by atoms with E-state index in [9.17, 15) is 22.8 Å². The van der Waals surface area contributed by atoms with E-state index in [1.54, 1.807) is 42.5 Å². The summed E-state index contributed by atoms with van der Waals surface area (Å²) in [4.78, 5) is 38.5. The Morgan fingerprint density at radius 1 is 1.17 bits per heavy atom. The van der Waals surface area contributed by atoms with Gasteiger partial charge in [0.25, 0.3) is 15.9 Å². The van der Waals surface area contributed by atoms with Gasteiger partial charge in [-0.3, -0.25) is 15.0 Å².